The molecule has 1 aliphatic rings. The summed E-state index contributed by atoms with van der Waals surface area (Å²) in [6, 6.07) is 8.22. The highest BCUT2D eigenvalue weighted by Gasteiger charge is 2.23. The summed E-state index contributed by atoms with van der Waals surface area (Å²) in [5, 5.41) is 0. The molecule has 0 saturated carbocycles. The van der Waals surface area contributed by atoms with Crippen LogP contribution in [0, 0.1) is 6.92 Å². The number of likely N-dealkylation sites (tertiary alicyclic amines) is 1. The average Bonchev–Trinajstić information content (AvgIpc) is 3.15. The molecule has 0 spiro atoms. The molecule has 1 aromatic carbocycles. The van der Waals surface area contributed by atoms with Crippen molar-refractivity contribution in [2.45, 2.75) is 32.2 Å². The Hall–Kier alpha value is -1.56. The molecular formula is C17H23Cl2N3O2. The van der Waals surface area contributed by atoms with Crippen LogP contribution in [0.2, 0.25) is 0 Å². The van der Waals surface area contributed by atoms with E-state index in [0.717, 1.165) is 24.3 Å². The third-order valence-corrected chi connectivity index (χ3v) is 4.02. The van der Waals surface area contributed by atoms with Crippen LogP contribution in [0.5, 0.6) is 0 Å². The largest absolute Gasteiger partial charge is 0.441 e. The van der Waals surface area contributed by atoms with Crippen molar-refractivity contribution in [3.8, 4) is 11.3 Å². The Bertz CT molecular complexity index is 658. The van der Waals surface area contributed by atoms with E-state index in [1.165, 1.54) is 5.56 Å². The number of carbonyl (C=O) groups excluding carboxylic acids is 1. The highest BCUT2D eigenvalue weighted by atomic mass is 35.5. The monoisotopic (exact) mass is 371 g/mol. The van der Waals surface area contributed by atoms with Crippen molar-refractivity contribution in [1.82, 2.24) is 9.88 Å². The second-order valence-corrected chi connectivity index (χ2v) is 5.87. The van der Waals surface area contributed by atoms with Crippen molar-refractivity contribution in [1.29, 1.82) is 0 Å². The van der Waals surface area contributed by atoms with Gasteiger partial charge in [-0.3, -0.25) is 4.79 Å². The fourth-order valence-corrected chi connectivity index (χ4v) is 2.66. The standard InChI is InChI=1S/C17H21N3O2.2ClH/c1-12-2-4-13(5-3-12)15-10-19-16(22-15)6-7-17(21)20-9-8-14(18)11-20;;/h2-5,10,14H,6-9,11,18H2,1H3;2*1H/t14-;;/m1../s1. The van der Waals surface area contributed by atoms with Gasteiger partial charge < -0.3 is 15.1 Å². The Morgan fingerprint density at radius 2 is 2.04 bits per heavy atom. The van der Waals surface area contributed by atoms with Gasteiger partial charge in [0.15, 0.2) is 11.7 Å². The van der Waals surface area contributed by atoms with Crippen molar-refractivity contribution in [2.24, 2.45) is 5.73 Å². The number of halogens is 2. The maximum absolute atomic E-state index is 12.1. The first kappa shape index (κ1) is 20.5. The normalized spacial score (nSPS) is 16.4. The van der Waals surface area contributed by atoms with Gasteiger partial charge in [-0.15, -0.1) is 24.8 Å². The van der Waals surface area contributed by atoms with E-state index in [1.807, 2.05) is 36.1 Å². The molecule has 0 aliphatic carbocycles. The van der Waals surface area contributed by atoms with Crippen LogP contribution in [-0.2, 0) is 11.2 Å². The molecule has 5 nitrogen and oxygen atoms in total. The first-order valence-corrected chi connectivity index (χ1v) is 7.67. The van der Waals surface area contributed by atoms with E-state index in [-0.39, 0.29) is 36.8 Å². The van der Waals surface area contributed by atoms with E-state index in [0.29, 0.717) is 25.3 Å². The summed E-state index contributed by atoms with van der Waals surface area (Å²) in [4.78, 5) is 18.2. The second-order valence-electron chi connectivity index (χ2n) is 5.87. The van der Waals surface area contributed by atoms with E-state index in [4.69, 9.17) is 10.2 Å². The molecule has 0 bridgehead atoms. The highest BCUT2D eigenvalue weighted by molar-refractivity contribution is 5.85. The van der Waals surface area contributed by atoms with Crippen LogP contribution in [0.1, 0.15) is 24.3 Å². The average molecular weight is 372 g/mol. The Kier molecular flexibility index (Phi) is 7.73. The second kappa shape index (κ2) is 9.06. The quantitative estimate of drug-likeness (QED) is 0.896. The Morgan fingerprint density at radius 3 is 2.67 bits per heavy atom. The van der Waals surface area contributed by atoms with Crippen LogP contribution in [0.3, 0.4) is 0 Å². The summed E-state index contributed by atoms with van der Waals surface area (Å²) < 4.78 is 5.74. The molecular weight excluding hydrogens is 349 g/mol. The van der Waals surface area contributed by atoms with E-state index < -0.39 is 0 Å². The molecule has 0 unspecified atom stereocenters. The van der Waals surface area contributed by atoms with E-state index in [1.54, 1.807) is 6.20 Å². The lowest BCUT2D eigenvalue weighted by atomic mass is 10.1. The number of rotatable bonds is 4. The topological polar surface area (TPSA) is 72.4 Å². The van der Waals surface area contributed by atoms with Crippen LogP contribution in [0.15, 0.2) is 34.9 Å². The van der Waals surface area contributed by atoms with Gasteiger partial charge in [0.1, 0.15) is 0 Å². The van der Waals surface area contributed by atoms with Crippen molar-refractivity contribution >= 4 is 30.7 Å². The van der Waals surface area contributed by atoms with Crippen LogP contribution < -0.4 is 5.73 Å². The third kappa shape index (κ3) is 4.97. The zero-order valence-electron chi connectivity index (χ0n) is 13.6. The van der Waals surface area contributed by atoms with E-state index in [9.17, 15) is 4.79 Å². The van der Waals surface area contributed by atoms with Gasteiger partial charge in [0, 0.05) is 37.5 Å². The first-order valence-electron chi connectivity index (χ1n) is 7.67. The van der Waals surface area contributed by atoms with Gasteiger partial charge in [-0.2, -0.15) is 0 Å². The summed E-state index contributed by atoms with van der Waals surface area (Å²) in [7, 11) is 0. The number of aryl methyl sites for hydroxylation is 2. The van der Waals surface area contributed by atoms with Crippen molar-refractivity contribution in [3.63, 3.8) is 0 Å². The summed E-state index contributed by atoms with van der Waals surface area (Å²) >= 11 is 0. The summed E-state index contributed by atoms with van der Waals surface area (Å²) in [6.45, 7) is 3.48. The zero-order chi connectivity index (χ0) is 15.5. The molecule has 1 fully saturated rings. The summed E-state index contributed by atoms with van der Waals surface area (Å²) in [5.41, 5.74) is 8.03. The minimum Gasteiger partial charge on any atom is -0.441 e. The number of nitrogens with zero attached hydrogens (tertiary/aromatic N) is 2. The summed E-state index contributed by atoms with van der Waals surface area (Å²) in [5.74, 6) is 1.47. The van der Waals surface area contributed by atoms with Gasteiger partial charge in [-0.1, -0.05) is 29.8 Å². The van der Waals surface area contributed by atoms with Gasteiger partial charge in [0.05, 0.1) is 6.20 Å². The molecule has 3 rings (SSSR count). The third-order valence-electron chi connectivity index (χ3n) is 4.02. The maximum Gasteiger partial charge on any atom is 0.223 e. The fourth-order valence-electron chi connectivity index (χ4n) is 2.66. The summed E-state index contributed by atoms with van der Waals surface area (Å²) in [6.07, 6.45) is 3.55. The van der Waals surface area contributed by atoms with Crippen molar-refractivity contribution in [2.75, 3.05) is 13.1 Å². The first-order chi connectivity index (χ1) is 10.6. The molecule has 0 radical (unpaired) electrons. The number of aromatic nitrogens is 1. The minimum atomic E-state index is 0. The van der Waals surface area contributed by atoms with Gasteiger partial charge in [0.2, 0.25) is 5.91 Å². The molecule has 132 valence electrons. The smallest absolute Gasteiger partial charge is 0.223 e. The molecule has 1 amide bonds. The SMILES string of the molecule is Cc1ccc(-c2cnc(CCC(=O)N3CC[C@@H](N)C3)o2)cc1.Cl.Cl. The molecule has 2 N–H and O–H groups in total. The van der Waals surface area contributed by atoms with Gasteiger partial charge in [-0.05, 0) is 13.3 Å². The predicted octanol–water partition coefficient (Wildman–Crippen LogP) is 2.99. The van der Waals surface area contributed by atoms with Crippen LogP contribution in [-0.4, -0.2) is 34.9 Å². The Labute approximate surface area is 154 Å². The number of hydrogen-bond acceptors (Lipinski definition) is 4. The maximum atomic E-state index is 12.1. The number of benzene rings is 1. The molecule has 1 aromatic heterocycles. The zero-order valence-corrected chi connectivity index (χ0v) is 15.2. The minimum absolute atomic E-state index is 0. The van der Waals surface area contributed by atoms with E-state index >= 15 is 0 Å². The van der Waals surface area contributed by atoms with Crippen molar-refractivity contribution < 1.29 is 9.21 Å². The number of nitrogens with two attached hydrogens (primary N) is 1. The Balaban J connectivity index is 0.00000144. The Morgan fingerprint density at radius 1 is 1.33 bits per heavy atom. The number of amides is 1. The fraction of sp³-hybridized carbons (Fsp3) is 0.412. The van der Waals surface area contributed by atoms with E-state index in [2.05, 4.69) is 4.98 Å². The van der Waals surface area contributed by atoms with Gasteiger partial charge >= 0.3 is 0 Å². The molecule has 2 aromatic rings. The number of carbonyl (C=O) groups is 1. The van der Waals surface area contributed by atoms with Crippen molar-refractivity contribution in [3.05, 3.63) is 41.9 Å². The number of oxazole rings is 1. The lowest BCUT2D eigenvalue weighted by Gasteiger charge is -2.14. The highest BCUT2D eigenvalue weighted by Crippen LogP contribution is 2.21. The van der Waals surface area contributed by atoms with Gasteiger partial charge in [-0.25, -0.2) is 4.98 Å². The lowest BCUT2D eigenvalue weighted by molar-refractivity contribution is -0.130. The lowest BCUT2D eigenvalue weighted by Crippen LogP contribution is -2.31. The molecule has 1 aliphatic heterocycles. The number of hydrogen-bond donors (Lipinski definition) is 1. The molecule has 1 saturated heterocycles. The molecule has 24 heavy (non-hydrogen) atoms. The predicted molar refractivity (Wildman–Crippen MR) is 98.7 cm³/mol. The van der Waals surface area contributed by atoms with Crippen LogP contribution in [0.4, 0.5) is 0 Å². The molecule has 1 atom stereocenters. The molecule has 2 heterocycles. The van der Waals surface area contributed by atoms with Gasteiger partial charge in [0.25, 0.3) is 0 Å². The van der Waals surface area contributed by atoms with Crippen LogP contribution in [0.25, 0.3) is 11.3 Å². The van der Waals surface area contributed by atoms with Crippen LogP contribution >= 0.6 is 24.8 Å². The molecule has 7 heteroatoms.